The van der Waals surface area contributed by atoms with Gasteiger partial charge in [0.1, 0.15) is 5.75 Å². The lowest BCUT2D eigenvalue weighted by atomic mass is 10.0. The molecule has 3 rings (SSSR count). The largest absolute Gasteiger partial charge is 0.497 e. The number of hydrogen-bond acceptors (Lipinski definition) is 4. The van der Waals surface area contributed by atoms with E-state index in [2.05, 4.69) is 10.2 Å². The third-order valence-electron chi connectivity index (χ3n) is 4.86. The summed E-state index contributed by atoms with van der Waals surface area (Å²) >= 11 is 0.471. The Kier molecular flexibility index (Phi) is 7.28. The molecule has 0 saturated carbocycles. The van der Waals surface area contributed by atoms with Gasteiger partial charge >= 0.3 is 0 Å². The van der Waals surface area contributed by atoms with E-state index >= 15 is 0 Å². The fourth-order valence-corrected chi connectivity index (χ4v) is 3.94. The first-order valence-electron chi connectivity index (χ1n) is 9.28. The fraction of sp³-hybridized carbons (Fsp3) is 0.381. The second kappa shape index (κ2) is 9.89. The van der Waals surface area contributed by atoms with Crippen molar-refractivity contribution >= 4 is 17.7 Å². The van der Waals surface area contributed by atoms with Crippen molar-refractivity contribution in [1.29, 1.82) is 0 Å². The number of rotatable bonds is 8. The summed E-state index contributed by atoms with van der Waals surface area (Å²) in [6.45, 7) is 2.47. The Labute approximate surface area is 168 Å². The quantitative estimate of drug-likeness (QED) is 0.652. The molecule has 2 aromatic carbocycles. The molecule has 1 atom stereocenters. The molecule has 1 amide bonds. The molecule has 150 valence electrons. The Bertz CT molecular complexity index is 780. The van der Waals surface area contributed by atoms with Gasteiger partial charge in [-0.2, -0.15) is 8.78 Å². The molecular formula is C21H24F2N2O2S. The van der Waals surface area contributed by atoms with Crippen LogP contribution in [0.2, 0.25) is 0 Å². The zero-order valence-corrected chi connectivity index (χ0v) is 16.6. The lowest BCUT2D eigenvalue weighted by molar-refractivity contribution is 0.0938. The molecule has 1 aliphatic heterocycles. The van der Waals surface area contributed by atoms with E-state index in [0.717, 1.165) is 37.2 Å². The Morgan fingerprint density at radius 3 is 2.54 bits per heavy atom. The molecule has 1 N–H and O–H groups in total. The van der Waals surface area contributed by atoms with Gasteiger partial charge < -0.3 is 10.1 Å². The average molecular weight is 406 g/mol. The summed E-state index contributed by atoms with van der Waals surface area (Å²) in [4.78, 5) is 15.4. The highest BCUT2D eigenvalue weighted by Gasteiger charge is 2.24. The van der Waals surface area contributed by atoms with Crippen molar-refractivity contribution in [1.82, 2.24) is 10.2 Å². The van der Waals surface area contributed by atoms with E-state index in [1.807, 2.05) is 24.3 Å². The highest BCUT2D eigenvalue weighted by molar-refractivity contribution is 7.99. The molecule has 0 radical (unpaired) electrons. The molecule has 7 heteroatoms. The molecule has 1 saturated heterocycles. The van der Waals surface area contributed by atoms with Gasteiger partial charge in [-0.15, -0.1) is 0 Å². The maximum Gasteiger partial charge on any atom is 0.288 e. The van der Waals surface area contributed by atoms with Gasteiger partial charge in [-0.3, -0.25) is 9.69 Å². The number of carbonyl (C=O) groups excluding carboxylic acids is 1. The molecule has 2 aromatic rings. The Morgan fingerprint density at radius 1 is 1.18 bits per heavy atom. The zero-order valence-electron chi connectivity index (χ0n) is 15.7. The van der Waals surface area contributed by atoms with Crippen LogP contribution in [0.15, 0.2) is 53.4 Å². The minimum Gasteiger partial charge on any atom is -0.497 e. The number of ether oxygens (including phenoxy) is 1. The SMILES string of the molecule is COc1cccc(C(CNC(=O)c2ccc(SC(F)F)cc2)N2CCCC2)c1. The number of hydrogen-bond donors (Lipinski definition) is 1. The van der Waals surface area contributed by atoms with E-state index in [-0.39, 0.29) is 11.9 Å². The molecule has 0 aliphatic carbocycles. The summed E-state index contributed by atoms with van der Waals surface area (Å²) in [5.74, 6) is -1.88. The molecule has 4 nitrogen and oxygen atoms in total. The topological polar surface area (TPSA) is 41.6 Å². The van der Waals surface area contributed by atoms with Gasteiger partial charge in [-0.05, 0) is 67.9 Å². The molecule has 0 bridgehead atoms. The lowest BCUT2D eigenvalue weighted by Crippen LogP contribution is -2.36. The van der Waals surface area contributed by atoms with Crippen LogP contribution in [0, 0.1) is 0 Å². The molecule has 0 aromatic heterocycles. The fourth-order valence-electron chi connectivity index (χ4n) is 3.44. The normalized spacial score (nSPS) is 15.6. The standard InChI is InChI=1S/C21H24F2N2O2S/c1-27-17-6-4-5-16(13-17)19(25-11-2-3-12-25)14-24-20(26)15-7-9-18(10-8-15)28-21(22)23/h4-10,13,19,21H,2-3,11-12,14H2,1H3,(H,24,26). The third-order valence-corrected chi connectivity index (χ3v) is 5.58. The van der Waals surface area contributed by atoms with E-state index in [0.29, 0.717) is 28.8 Å². The van der Waals surface area contributed by atoms with E-state index in [9.17, 15) is 13.6 Å². The number of likely N-dealkylation sites (tertiary alicyclic amines) is 1. The van der Waals surface area contributed by atoms with Crippen molar-refractivity contribution in [2.45, 2.75) is 29.5 Å². The van der Waals surface area contributed by atoms with Crippen LogP contribution < -0.4 is 10.1 Å². The Morgan fingerprint density at radius 2 is 1.89 bits per heavy atom. The van der Waals surface area contributed by atoms with Gasteiger partial charge in [-0.25, -0.2) is 0 Å². The molecule has 1 fully saturated rings. The van der Waals surface area contributed by atoms with Crippen LogP contribution in [0.3, 0.4) is 0 Å². The van der Waals surface area contributed by atoms with Crippen molar-refractivity contribution in [3.63, 3.8) is 0 Å². The second-order valence-corrected chi connectivity index (χ2v) is 7.71. The highest BCUT2D eigenvalue weighted by atomic mass is 32.2. The lowest BCUT2D eigenvalue weighted by Gasteiger charge is -2.28. The van der Waals surface area contributed by atoms with Gasteiger partial charge in [0.05, 0.1) is 13.2 Å². The van der Waals surface area contributed by atoms with Crippen molar-refractivity contribution < 1.29 is 18.3 Å². The average Bonchev–Trinajstić information content (AvgIpc) is 3.23. The van der Waals surface area contributed by atoms with Crippen molar-refractivity contribution in [3.05, 3.63) is 59.7 Å². The van der Waals surface area contributed by atoms with Crippen LogP contribution in [0.5, 0.6) is 5.75 Å². The Hall–Kier alpha value is -2.12. The first-order chi connectivity index (χ1) is 13.6. The van der Waals surface area contributed by atoms with Crippen LogP contribution >= 0.6 is 11.8 Å². The van der Waals surface area contributed by atoms with E-state index in [4.69, 9.17) is 4.74 Å². The molecule has 1 aliphatic rings. The molecule has 28 heavy (non-hydrogen) atoms. The van der Waals surface area contributed by atoms with Crippen LogP contribution in [0.25, 0.3) is 0 Å². The van der Waals surface area contributed by atoms with E-state index in [1.165, 1.54) is 0 Å². The maximum atomic E-state index is 12.5. The van der Waals surface area contributed by atoms with Gasteiger partial charge in [0.2, 0.25) is 0 Å². The molecular weight excluding hydrogens is 382 g/mol. The summed E-state index contributed by atoms with van der Waals surface area (Å²) in [5.41, 5.74) is 1.56. The van der Waals surface area contributed by atoms with Crippen LogP contribution in [-0.4, -0.2) is 43.3 Å². The van der Waals surface area contributed by atoms with E-state index < -0.39 is 5.76 Å². The molecule has 0 spiro atoms. The number of nitrogens with one attached hydrogen (secondary N) is 1. The molecule has 1 unspecified atom stereocenters. The number of thioether (sulfide) groups is 1. The number of alkyl halides is 2. The number of methoxy groups -OCH3 is 1. The zero-order chi connectivity index (χ0) is 19.9. The number of benzene rings is 2. The summed E-state index contributed by atoms with van der Waals surface area (Å²) in [6.07, 6.45) is 2.30. The first kappa shape index (κ1) is 20.6. The summed E-state index contributed by atoms with van der Waals surface area (Å²) in [5, 5.41) is 3.00. The van der Waals surface area contributed by atoms with Gasteiger partial charge in [-0.1, -0.05) is 23.9 Å². The van der Waals surface area contributed by atoms with Gasteiger partial charge in [0.15, 0.2) is 0 Å². The number of halogens is 2. The minimum absolute atomic E-state index is 0.0650. The summed E-state index contributed by atoms with van der Waals surface area (Å²) in [7, 11) is 1.64. The first-order valence-corrected chi connectivity index (χ1v) is 10.2. The smallest absolute Gasteiger partial charge is 0.288 e. The van der Waals surface area contributed by atoms with E-state index in [1.54, 1.807) is 31.4 Å². The van der Waals surface area contributed by atoms with Crippen molar-refractivity contribution in [3.8, 4) is 5.75 Å². The predicted octanol–water partition coefficient (Wildman–Crippen LogP) is 4.58. The highest BCUT2D eigenvalue weighted by Crippen LogP contribution is 2.28. The minimum atomic E-state index is -2.47. The van der Waals surface area contributed by atoms with Crippen LogP contribution in [0.1, 0.15) is 34.8 Å². The second-order valence-electron chi connectivity index (χ2n) is 6.65. The summed E-state index contributed by atoms with van der Waals surface area (Å²) < 4.78 is 30.2. The summed E-state index contributed by atoms with van der Waals surface area (Å²) in [6, 6.07) is 14.2. The van der Waals surface area contributed by atoms with Crippen molar-refractivity contribution in [2.24, 2.45) is 0 Å². The predicted molar refractivity (Wildman–Crippen MR) is 107 cm³/mol. The molecule has 1 heterocycles. The number of amides is 1. The van der Waals surface area contributed by atoms with Gasteiger partial charge in [0, 0.05) is 17.0 Å². The number of nitrogens with zero attached hydrogens (tertiary/aromatic N) is 1. The van der Waals surface area contributed by atoms with Crippen molar-refractivity contribution in [2.75, 3.05) is 26.7 Å². The maximum absolute atomic E-state index is 12.5. The van der Waals surface area contributed by atoms with Gasteiger partial charge in [0.25, 0.3) is 11.7 Å². The third kappa shape index (κ3) is 5.45. The monoisotopic (exact) mass is 406 g/mol. The Balaban J connectivity index is 1.68. The van der Waals surface area contributed by atoms with Crippen LogP contribution in [-0.2, 0) is 0 Å². The number of carbonyl (C=O) groups is 1. The van der Waals surface area contributed by atoms with Crippen LogP contribution in [0.4, 0.5) is 8.78 Å².